The first-order valence-corrected chi connectivity index (χ1v) is 7.27. The molecule has 0 aromatic carbocycles. The third kappa shape index (κ3) is 3.16. The molecule has 1 saturated carbocycles. The molecule has 1 aliphatic heterocycles. The van der Waals surface area contributed by atoms with Crippen LogP contribution in [0.1, 0.15) is 51.9 Å². The van der Waals surface area contributed by atoms with Crippen LogP contribution in [0.5, 0.6) is 0 Å². The van der Waals surface area contributed by atoms with Crippen LogP contribution >= 0.6 is 11.8 Å². The van der Waals surface area contributed by atoms with Crippen LogP contribution in [0, 0.1) is 0 Å². The lowest BCUT2D eigenvalue weighted by molar-refractivity contribution is 0.405. The van der Waals surface area contributed by atoms with Crippen molar-refractivity contribution in [2.75, 3.05) is 5.75 Å². The standard InChI is InChI=1S/C12H23NS/c1-10-8-12(9-14-10)13-11-6-4-2-3-5-7-11/h10-13H,2-9H2,1H3. The van der Waals surface area contributed by atoms with E-state index in [1.807, 2.05) is 0 Å². The number of nitrogens with one attached hydrogen (secondary N) is 1. The van der Waals surface area contributed by atoms with E-state index in [-0.39, 0.29) is 0 Å². The van der Waals surface area contributed by atoms with Crippen molar-refractivity contribution in [3.8, 4) is 0 Å². The summed E-state index contributed by atoms with van der Waals surface area (Å²) in [6.45, 7) is 2.36. The molecule has 82 valence electrons. The second-order valence-corrected chi connectivity index (χ2v) is 6.40. The number of hydrogen-bond acceptors (Lipinski definition) is 2. The molecule has 1 heterocycles. The summed E-state index contributed by atoms with van der Waals surface area (Å²) in [6.07, 6.45) is 10.1. The Hall–Kier alpha value is 0.310. The first kappa shape index (κ1) is 10.8. The Balaban J connectivity index is 1.72. The highest BCUT2D eigenvalue weighted by molar-refractivity contribution is 8.00. The fraction of sp³-hybridized carbons (Fsp3) is 1.00. The Labute approximate surface area is 92.4 Å². The van der Waals surface area contributed by atoms with Crippen LogP contribution in [0.25, 0.3) is 0 Å². The van der Waals surface area contributed by atoms with Crippen molar-refractivity contribution in [2.24, 2.45) is 0 Å². The van der Waals surface area contributed by atoms with E-state index in [1.165, 1.54) is 50.7 Å². The lowest BCUT2D eigenvalue weighted by atomic mass is 10.1. The number of thioether (sulfide) groups is 1. The summed E-state index contributed by atoms with van der Waals surface area (Å²) in [7, 11) is 0. The van der Waals surface area contributed by atoms with Gasteiger partial charge in [-0.2, -0.15) is 11.8 Å². The molecule has 0 radical (unpaired) electrons. The van der Waals surface area contributed by atoms with E-state index in [1.54, 1.807) is 0 Å². The highest BCUT2D eigenvalue weighted by atomic mass is 32.2. The summed E-state index contributed by atoms with van der Waals surface area (Å²) in [4.78, 5) is 0. The highest BCUT2D eigenvalue weighted by Crippen LogP contribution is 2.27. The van der Waals surface area contributed by atoms with Crippen LogP contribution in [0.15, 0.2) is 0 Å². The molecule has 0 amide bonds. The summed E-state index contributed by atoms with van der Waals surface area (Å²) in [5.74, 6) is 1.34. The van der Waals surface area contributed by atoms with Crippen LogP contribution in [-0.4, -0.2) is 23.1 Å². The number of hydrogen-bond donors (Lipinski definition) is 1. The van der Waals surface area contributed by atoms with Crippen molar-refractivity contribution in [3.63, 3.8) is 0 Å². The Morgan fingerprint density at radius 3 is 2.29 bits per heavy atom. The lowest BCUT2D eigenvalue weighted by Gasteiger charge is -2.21. The highest BCUT2D eigenvalue weighted by Gasteiger charge is 2.24. The molecule has 0 spiro atoms. The zero-order valence-corrected chi connectivity index (χ0v) is 10.1. The second-order valence-electron chi connectivity index (χ2n) is 4.93. The van der Waals surface area contributed by atoms with Gasteiger partial charge >= 0.3 is 0 Å². The van der Waals surface area contributed by atoms with Crippen LogP contribution < -0.4 is 5.32 Å². The van der Waals surface area contributed by atoms with Crippen LogP contribution in [0.4, 0.5) is 0 Å². The SMILES string of the molecule is CC1CC(NC2CCCCCC2)CS1. The van der Waals surface area contributed by atoms with Crippen LogP contribution in [-0.2, 0) is 0 Å². The maximum atomic E-state index is 3.87. The van der Waals surface area contributed by atoms with E-state index >= 15 is 0 Å². The van der Waals surface area contributed by atoms with E-state index in [0.29, 0.717) is 0 Å². The van der Waals surface area contributed by atoms with Crippen molar-refractivity contribution in [1.82, 2.24) is 5.32 Å². The summed E-state index contributed by atoms with van der Waals surface area (Å²) in [5.41, 5.74) is 0. The summed E-state index contributed by atoms with van der Waals surface area (Å²) in [5, 5.41) is 4.75. The average Bonchev–Trinajstić information content (AvgIpc) is 2.43. The van der Waals surface area contributed by atoms with Crippen molar-refractivity contribution >= 4 is 11.8 Å². The third-order valence-corrected chi connectivity index (χ3v) is 4.88. The van der Waals surface area contributed by atoms with Gasteiger partial charge < -0.3 is 5.32 Å². The van der Waals surface area contributed by atoms with E-state index in [9.17, 15) is 0 Å². The molecule has 2 atom stereocenters. The minimum Gasteiger partial charge on any atom is -0.310 e. The molecule has 0 bridgehead atoms. The second kappa shape index (κ2) is 5.41. The van der Waals surface area contributed by atoms with Gasteiger partial charge in [0.1, 0.15) is 0 Å². The maximum Gasteiger partial charge on any atom is 0.0171 e. The monoisotopic (exact) mass is 213 g/mol. The van der Waals surface area contributed by atoms with Gasteiger partial charge in [-0.05, 0) is 19.3 Å². The molecular weight excluding hydrogens is 190 g/mol. The van der Waals surface area contributed by atoms with Gasteiger partial charge in [-0.15, -0.1) is 0 Å². The third-order valence-electron chi connectivity index (χ3n) is 3.52. The molecule has 2 fully saturated rings. The molecule has 2 heteroatoms. The van der Waals surface area contributed by atoms with Crippen molar-refractivity contribution < 1.29 is 0 Å². The van der Waals surface area contributed by atoms with E-state index < -0.39 is 0 Å². The summed E-state index contributed by atoms with van der Waals surface area (Å²) < 4.78 is 0. The minimum absolute atomic E-state index is 0.818. The van der Waals surface area contributed by atoms with Gasteiger partial charge in [-0.3, -0.25) is 0 Å². The van der Waals surface area contributed by atoms with E-state index in [4.69, 9.17) is 0 Å². The minimum atomic E-state index is 0.818. The smallest absolute Gasteiger partial charge is 0.0171 e. The molecule has 1 saturated heterocycles. The quantitative estimate of drug-likeness (QED) is 0.707. The number of rotatable bonds is 2. The first-order valence-electron chi connectivity index (χ1n) is 6.22. The normalized spacial score (nSPS) is 35.8. The predicted molar refractivity (Wildman–Crippen MR) is 65.0 cm³/mol. The fourth-order valence-corrected chi connectivity index (χ4v) is 3.87. The molecule has 2 rings (SSSR count). The van der Waals surface area contributed by atoms with Crippen molar-refractivity contribution in [2.45, 2.75) is 69.2 Å². The zero-order chi connectivity index (χ0) is 9.80. The Morgan fingerprint density at radius 1 is 1.00 bits per heavy atom. The van der Waals surface area contributed by atoms with Crippen LogP contribution in [0.3, 0.4) is 0 Å². The van der Waals surface area contributed by atoms with Crippen molar-refractivity contribution in [1.29, 1.82) is 0 Å². The molecule has 14 heavy (non-hydrogen) atoms. The molecule has 0 aromatic heterocycles. The van der Waals surface area contributed by atoms with Gasteiger partial charge in [0.25, 0.3) is 0 Å². The average molecular weight is 213 g/mol. The van der Waals surface area contributed by atoms with Gasteiger partial charge in [0, 0.05) is 23.1 Å². The largest absolute Gasteiger partial charge is 0.310 e. The van der Waals surface area contributed by atoms with Gasteiger partial charge in [0.2, 0.25) is 0 Å². The maximum absolute atomic E-state index is 3.87. The molecular formula is C12H23NS. The molecule has 2 aliphatic rings. The van der Waals surface area contributed by atoms with Gasteiger partial charge in [-0.1, -0.05) is 32.6 Å². The van der Waals surface area contributed by atoms with Crippen molar-refractivity contribution in [3.05, 3.63) is 0 Å². The zero-order valence-electron chi connectivity index (χ0n) is 9.30. The molecule has 1 nitrogen and oxygen atoms in total. The summed E-state index contributed by atoms with van der Waals surface area (Å²) in [6, 6.07) is 1.66. The first-order chi connectivity index (χ1) is 6.84. The van der Waals surface area contributed by atoms with Crippen LogP contribution in [0.2, 0.25) is 0 Å². The Morgan fingerprint density at radius 2 is 1.71 bits per heavy atom. The summed E-state index contributed by atoms with van der Waals surface area (Å²) >= 11 is 2.14. The predicted octanol–water partition coefficient (Wildman–Crippen LogP) is 3.19. The van der Waals surface area contributed by atoms with Gasteiger partial charge in [0.15, 0.2) is 0 Å². The van der Waals surface area contributed by atoms with E-state index in [0.717, 1.165) is 17.3 Å². The molecule has 2 unspecified atom stereocenters. The topological polar surface area (TPSA) is 12.0 Å². The Bertz CT molecular complexity index is 164. The molecule has 0 aromatic rings. The molecule has 1 aliphatic carbocycles. The Kier molecular flexibility index (Phi) is 4.18. The van der Waals surface area contributed by atoms with Gasteiger partial charge in [0.05, 0.1) is 0 Å². The molecule has 1 N–H and O–H groups in total. The lowest BCUT2D eigenvalue weighted by Crippen LogP contribution is -2.38. The van der Waals surface area contributed by atoms with Gasteiger partial charge in [-0.25, -0.2) is 0 Å². The van der Waals surface area contributed by atoms with E-state index in [2.05, 4.69) is 24.0 Å². The fourth-order valence-electron chi connectivity index (χ4n) is 2.71.